The van der Waals surface area contributed by atoms with E-state index in [-0.39, 0.29) is 6.42 Å². The van der Waals surface area contributed by atoms with Crippen LogP contribution in [0.1, 0.15) is 32.0 Å². The molecule has 0 atom stereocenters. The van der Waals surface area contributed by atoms with E-state index >= 15 is 0 Å². The second-order valence-corrected chi connectivity index (χ2v) is 4.44. The summed E-state index contributed by atoms with van der Waals surface area (Å²) in [5.74, 6) is 1.75. The zero-order valence-corrected chi connectivity index (χ0v) is 12.3. The lowest BCUT2D eigenvalue weighted by molar-refractivity contribution is -0.135. The fraction of sp³-hybridized carbons (Fsp3) is 0.692. The number of unbranched alkanes of at least 4 members (excludes halogenated alkanes) is 1. The van der Waals surface area contributed by atoms with Crippen LogP contribution in [0, 0.1) is 0 Å². The fourth-order valence-electron chi connectivity index (χ4n) is 1.64. The highest BCUT2D eigenvalue weighted by Crippen LogP contribution is 2.22. The van der Waals surface area contributed by atoms with Crippen LogP contribution in [0.2, 0.25) is 0 Å². The van der Waals surface area contributed by atoms with Crippen molar-refractivity contribution in [2.45, 2.75) is 39.0 Å². The third kappa shape index (κ3) is 7.69. The third-order valence-corrected chi connectivity index (χ3v) is 2.66. The Labute approximate surface area is 122 Å². The van der Waals surface area contributed by atoms with Crippen molar-refractivity contribution in [3.05, 3.63) is 11.9 Å². The number of halogens is 3. The average molecular weight is 306 g/mol. The van der Waals surface area contributed by atoms with Gasteiger partial charge in [0.1, 0.15) is 18.2 Å². The summed E-state index contributed by atoms with van der Waals surface area (Å²) in [5, 5.41) is 5.92. The zero-order valence-electron chi connectivity index (χ0n) is 12.3. The van der Waals surface area contributed by atoms with E-state index in [0.29, 0.717) is 43.6 Å². The van der Waals surface area contributed by atoms with Crippen molar-refractivity contribution in [3.63, 3.8) is 0 Å². The fourth-order valence-corrected chi connectivity index (χ4v) is 1.64. The second-order valence-electron chi connectivity index (χ2n) is 4.44. The Morgan fingerprint density at radius 2 is 1.90 bits per heavy atom. The van der Waals surface area contributed by atoms with Crippen molar-refractivity contribution in [2.75, 3.05) is 30.8 Å². The lowest BCUT2D eigenvalue weighted by atomic mass is 10.2. The van der Waals surface area contributed by atoms with Crippen LogP contribution in [0.3, 0.4) is 0 Å². The largest absolute Gasteiger partial charge is 0.389 e. The molecule has 21 heavy (non-hydrogen) atoms. The van der Waals surface area contributed by atoms with Gasteiger partial charge in [0.15, 0.2) is 5.82 Å². The quantitative estimate of drug-likeness (QED) is 0.686. The molecule has 0 aromatic carbocycles. The van der Waals surface area contributed by atoms with Gasteiger partial charge in [0.2, 0.25) is 0 Å². The van der Waals surface area contributed by atoms with Gasteiger partial charge in [-0.1, -0.05) is 0 Å². The SMILES string of the molecule is CCOCc1nc(NC)cc(NCCCCC(F)(F)F)n1. The number of ether oxygens (including phenoxy) is 1. The van der Waals surface area contributed by atoms with Crippen LogP contribution in [0.25, 0.3) is 0 Å². The Balaban J connectivity index is 2.46. The van der Waals surface area contributed by atoms with Crippen LogP contribution in [0.4, 0.5) is 24.8 Å². The highest BCUT2D eigenvalue weighted by molar-refractivity contribution is 5.47. The zero-order chi connectivity index (χ0) is 15.7. The van der Waals surface area contributed by atoms with Crippen molar-refractivity contribution >= 4 is 11.6 Å². The van der Waals surface area contributed by atoms with Crippen molar-refractivity contribution in [1.82, 2.24) is 9.97 Å². The number of hydrogen-bond acceptors (Lipinski definition) is 5. The molecule has 5 nitrogen and oxygen atoms in total. The lowest BCUT2D eigenvalue weighted by Gasteiger charge is -2.10. The van der Waals surface area contributed by atoms with Crippen LogP contribution < -0.4 is 10.6 Å². The van der Waals surface area contributed by atoms with Gasteiger partial charge in [-0.2, -0.15) is 13.2 Å². The Bertz CT molecular complexity index is 426. The number of nitrogens with one attached hydrogen (secondary N) is 2. The molecule has 0 radical (unpaired) electrons. The molecular formula is C13H21F3N4O. The van der Waals surface area contributed by atoms with E-state index in [4.69, 9.17) is 4.74 Å². The Morgan fingerprint density at radius 1 is 1.19 bits per heavy atom. The van der Waals surface area contributed by atoms with Crippen molar-refractivity contribution in [1.29, 1.82) is 0 Å². The molecule has 1 heterocycles. The van der Waals surface area contributed by atoms with Crippen molar-refractivity contribution in [3.8, 4) is 0 Å². The van der Waals surface area contributed by atoms with Gasteiger partial charge in [0.05, 0.1) is 0 Å². The predicted octanol–water partition coefficient (Wildman–Crippen LogP) is 3.20. The van der Waals surface area contributed by atoms with Crippen molar-refractivity contribution in [2.24, 2.45) is 0 Å². The molecule has 1 aromatic heterocycles. The summed E-state index contributed by atoms with van der Waals surface area (Å²) in [7, 11) is 1.74. The van der Waals surface area contributed by atoms with Crippen molar-refractivity contribution < 1.29 is 17.9 Å². The Hall–Kier alpha value is -1.57. The number of alkyl halides is 3. The number of hydrogen-bond donors (Lipinski definition) is 2. The maximum atomic E-state index is 12.0. The first kappa shape index (κ1) is 17.5. The summed E-state index contributed by atoms with van der Waals surface area (Å²) in [5.41, 5.74) is 0. The smallest absolute Gasteiger partial charge is 0.374 e. The first-order chi connectivity index (χ1) is 9.94. The lowest BCUT2D eigenvalue weighted by Crippen LogP contribution is -2.10. The molecule has 1 aromatic rings. The number of rotatable bonds is 9. The van der Waals surface area contributed by atoms with Gasteiger partial charge >= 0.3 is 6.18 Å². The molecule has 0 aliphatic heterocycles. The second kappa shape index (κ2) is 8.66. The monoisotopic (exact) mass is 306 g/mol. The van der Waals surface area contributed by atoms with Crippen LogP contribution in [-0.2, 0) is 11.3 Å². The van der Waals surface area contributed by atoms with E-state index in [1.54, 1.807) is 13.1 Å². The summed E-state index contributed by atoms with van der Waals surface area (Å²) < 4.78 is 41.3. The molecule has 8 heteroatoms. The van der Waals surface area contributed by atoms with Gasteiger partial charge in [-0.3, -0.25) is 0 Å². The van der Waals surface area contributed by atoms with Gasteiger partial charge in [-0.05, 0) is 19.8 Å². The molecule has 0 saturated carbocycles. The number of aromatic nitrogens is 2. The van der Waals surface area contributed by atoms with Gasteiger partial charge in [0, 0.05) is 32.7 Å². The standard InChI is InChI=1S/C13H21F3N4O/c1-3-21-9-12-19-10(17-2)8-11(20-12)18-7-5-4-6-13(14,15)16/h8H,3-7,9H2,1-2H3,(H2,17,18,19,20). The van der Waals surface area contributed by atoms with Crippen LogP contribution in [0.5, 0.6) is 0 Å². The maximum Gasteiger partial charge on any atom is 0.389 e. The van der Waals surface area contributed by atoms with Gasteiger partial charge in [-0.25, -0.2) is 9.97 Å². The van der Waals surface area contributed by atoms with E-state index in [0.717, 1.165) is 0 Å². The normalized spacial score (nSPS) is 11.5. The van der Waals surface area contributed by atoms with E-state index in [9.17, 15) is 13.2 Å². The van der Waals surface area contributed by atoms with Crippen LogP contribution in [0.15, 0.2) is 6.07 Å². The number of anilines is 2. The molecule has 0 aliphatic rings. The van der Waals surface area contributed by atoms with Gasteiger partial charge < -0.3 is 15.4 Å². The molecule has 0 aliphatic carbocycles. The minimum Gasteiger partial charge on any atom is -0.374 e. The predicted molar refractivity (Wildman–Crippen MR) is 75.3 cm³/mol. The highest BCUT2D eigenvalue weighted by atomic mass is 19.4. The topological polar surface area (TPSA) is 59.1 Å². The molecule has 120 valence electrons. The molecule has 2 N–H and O–H groups in total. The van der Waals surface area contributed by atoms with E-state index in [2.05, 4.69) is 20.6 Å². The molecule has 1 rings (SSSR count). The Morgan fingerprint density at radius 3 is 2.52 bits per heavy atom. The number of nitrogens with zero attached hydrogens (tertiary/aromatic N) is 2. The summed E-state index contributed by atoms with van der Waals surface area (Å²) in [6.07, 6.45) is -4.31. The molecule has 0 saturated heterocycles. The van der Waals surface area contributed by atoms with E-state index in [1.165, 1.54) is 0 Å². The first-order valence-electron chi connectivity index (χ1n) is 6.88. The summed E-state index contributed by atoms with van der Waals surface area (Å²) in [4.78, 5) is 8.49. The first-order valence-corrected chi connectivity index (χ1v) is 6.88. The molecule has 0 fully saturated rings. The summed E-state index contributed by atoms with van der Waals surface area (Å²) in [6, 6.07) is 1.71. The van der Waals surface area contributed by atoms with Gasteiger partial charge in [-0.15, -0.1) is 0 Å². The minimum absolute atomic E-state index is 0.103. The van der Waals surface area contributed by atoms with E-state index < -0.39 is 12.6 Å². The van der Waals surface area contributed by atoms with Crippen LogP contribution in [-0.4, -0.2) is 36.3 Å². The average Bonchev–Trinajstić information content (AvgIpc) is 2.43. The summed E-state index contributed by atoms with van der Waals surface area (Å²) in [6.45, 7) is 3.17. The molecule has 0 bridgehead atoms. The van der Waals surface area contributed by atoms with E-state index in [1.807, 2.05) is 6.92 Å². The van der Waals surface area contributed by atoms with Crippen LogP contribution >= 0.6 is 0 Å². The molecular weight excluding hydrogens is 285 g/mol. The molecule has 0 unspecified atom stereocenters. The molecule has 0 spiro atoms. The molecule has 0 amide bonds. The maximum absolute atomic E-state index is 12.0. The van der Waals surface area contributed by atoms with Gasteiger partial charge in [0.25, 0.3) is 0 Å². The summed E-state index contributed by atoms with van der Waals surface area (Å²) >= 11 is 0. The Kier molecular flexibility index (Phi) is 7.21. The highest BCUT2D eigenvalue weighted by Gasteiger charge is 2.25. The third-order valence-electron chi connectivity index (χ3n) is 2.66. The minimum atomic E-state index is -4.08.